The Morgan fingerprint density at radius 1 is 1.16 bits per heavy atom. The van der Waals surface area contributed by atoms with Crippen LogP contribution in [-0.2, 0) is 42.9 Å². The number of rotatable bonds is 15. The van der Waals surface area contributed by atoms with E-state index in [0.29, 0.717) is 12.0 Å². The maximum Gasteiger partial charge on any atom is 0.490 e. The highest BCUT2D eigenvalue weighted by molar-refractivity contribution is 7.66. The normalized spacial score (nSPS) is 22.4. The summed E-state index contributed by atoms with van der Waals surface area (Å²) in [6, 6.07) is 6.09. The van der Waals surface area contributed by atoms with Gasteiger partial charge in [-0.25, -0.2) is 18.5 Å². The molecule has 3 unspecified atom stereocenters. The molecule has 1 aliphatic rings. The fourth-order valence-corrected chi connectivity index (χ4v) is 7.21. The molecule has 7 N–H and O–H groups in total. The Labute approximate surface area is 248 Å². The molecule has 0 aliphatic carbocycles. The fraction of sp³-hybridized carbons (Fsp3) is 0.524. The van der Waals surface area contributed by atoms with Gasteiger partial charge in [-0.3, -0.25) is 19.2 Å². The zero-order chi connectivity index (χ0) is 33.0. The van der Waals surface area contributed by atoms with E-state index in [9.17, 15) is 43.5 Å². The van der Waals surface area contributed by atoms with Crippen LogP contribution in [0.5, 0.6) is 0 Å². The van der Waals surface area contributed by atoms with Crippen molar-refractivity contribution in [2.45, 2.75) is 57.8 Å². The molecule has 44 heavy (non-hydrogen) atoms. The molecular weight excluding hydrogens is 657 g/mol. The third-order valence-corrected chi connectivity index (χ3v) is 9.80. The monoisotopic (exact) mass is 688 g/mol. The first kappa shape index (κ1) is 36.1. The summed E-state index contributed by atoms with van der Waals surface area (Å²) in [5, 5.41) is 22.0. The van der Waals surface area contributed by atoms with Gasteiger partial charge in [0.1, 0.15) is 18.1 Å². The van der Waals surface area contributed by atoms with Gasteiger partial charge < -0.3 is 39.9 Å². The molecule has 1 aromatic carbocycles. The van der Waals surface area contributed by atoms with Crippen LogP contribution in [0.25, 0.3) is 0 Å². The summed E-state index contributed by atoms with van der Waals surface area (Å²) < 4.78 is 58.5. The number of aliphatic hydroxyl groups excluding tert-OH is 1. The number of aliphatic hydroxyl groups is 1. The maximum atomic E-state index is 12.6. The Morgan fingerprint density at radius 2 is 1.82 bits per heavy atom. The van der Waals surface area contributed by atoms with Crippen molar-refractivity contribution in [2.24, 2.45) is 5.92 Å². The average molecular weight is 688 g/mol. The number of nitrogens with two attached hydrogens (primary N) is 1. The minimum atomic E-state index is -5.75. The second-order valence-electron chi connectivity index (χ2n) is 9.91. The van der Waals surface area contributed by atoms with E-state index >= 15 is 0 Å². The molecular formula is C21H31N4O16P3. The van der Waals surface area contributed by atoms with E-state index in [1.807, 2.05) is 13.8 Å². The highest BCUT2D eigenvalue weighted by atomic mass is 31.3. The lowest BCUT2D eigenvalue weighted by atomic mass is 9.98. The van der Waals surface area contributed by atoms with Gasteiger partial charge in [-0.2, -0.15) is 13.6 Å². The first-order valence-electron chi connectivity index (χ1n) is 12.6. The molecule has 1 aliphatic heterocycles. The second-order valence-corrected chi connectivity index (χ2v) is 14.3. The third kappa shape index (κ3) is 10.3. The van der Waals surface area contributed by atoms with Gasteiger partial charge in [0.05, 0.1) is 35.9 Å². The average Bonchev–Trinajstić information content (AvgIpc) is 3.23. The van der Waals surface area contributed by atoms with Crippen molar-refractivity contribution in [3.63, 3.8) is 0 Å². The molecule has 23 heteroatoms. The van der Waals surface area contributed by atoms with Crippen LogP contribution < -0.4 is 11.4 Å². The van der Waals surface area contributed by atoms with Gasteiger partial charge in [-0.1, -0.05) is 26.0 Å². The zero-order valence-corrected chi connectivity index (χ0v) is 25.8. The zero-order valence-electron chi connectivity index (χ0n) is 23.1. The van der Waals surface area contributed by atoms with Crippen LogP contribution in [-0.4, -0.2) is 58.0 Å². The second kappa shape index (κ2) is 14.3. The molecule has 0 radical (unpaired) electrons. The van der Waals surface area contributed by atoms with Crippen molar-refractivity contribution in [3.05, 3.63) is 62.2 Å². The molecule has 2 aromatic rings. The lowest BCUT2D eigenvalue weighted by Crippen LogP contribution is -2.29. The summed E-state index contributed by atoms with van der Waals surface area (Å²) in [6.45, 7) is 2.64. The number of benzene rings is 1. The number of anilines is 1. The number of para-hydroxylation sites is 1. The molecule has 0 bridgehead atoms. The number of hydrogen-bond acceptors (Lipinski definition) is 14. The number of hydrogen-bond donors (Lipinski definition) is 6. The number of nitro benzene ring substituents is 1. The van der Waals surface area contributed by atoms with Crippen molar-refractivity contribution >= 4 is 35.0 Å². The Morgan fingerprint density at radius 3 is 2.43 bits per heavy atom. The number of nitrogens with zero attached hydrogens (tertiary/aromatic N) is 3. The van der Waals surface area contributed by atoms with Gasteiger partial charge in [0, 0.05) is 24.2 Å². The van der Waals surface area contributed by atoms with Crippen LogP contribution in [0.4, 0.5) is 11.5 Å². The predicted octanol–water partition coefficient (Wildman–Crippen LogP) is 2.03. The summed E-state index contributed by atoms with van der Waals surface area (Å²) in [5.74, 6) is -0.112. The minimum absolute atomic E-state index is 0.0827. The number of aromatic nitrogens is 2. The highest BCUT2D eigenvalue weighted by Crippen LogP contribution is 2.66. The van der Waals surface area contributed by atoms with Crippen molar-refractivity contribution in [3.8, 4) is 0 Å². The van der Waals surface area contributed by atoms with Gasteiger partial charge in [0.15, 0.2) is 0 Å². The fourth-order valence-electron chi connectivity index (χ4n) is 4.18. The summed E-state index contributed by atoms with van der Waals surface area (Å²) in [4.78, 5) is 63.5. The van der Waals surface area contributed by atoms with Crippen LogP contribution in [0.1, 0.15) is 50.1 Å². The number of phosphoric ester groups is 1. The predicted molar refractivity (Wildman–Crippen MR) is 147 cm³/mol. The molecule has 3 rings (SSSR count). The summed E-state index contributed by atoms with van der Waals surface area (Å²) >= 11 is 0. The van der Waals surface area contributed by atoms with Crippen molar-refractivity contribution in [1.82, 2.24) is 9.55 Å². The Balaban J connectivity index is 1.73. The molecule has 1 fully saturated rings. The van der Waals surface area contributed by atoms with E-state index in [1.165, 1.54) is 18.3 Å². The molecule has 20 nitrogen and oxygen atoms in total. The van der Waals surface area contributed by atoms with Gasteiger partial charge in [0.25, 0.3) is 5.69 Å². The molecule has 2 heterocycles. The summed E-state index contributed by atoms with van der Waals surface area (Å²) in [7, 11) is -16.8. The van der Waals surface area contributed by atoms with Crippen molar-refractivity contribution < 1.29 is 65.9 Å². The third-order valence-electron chi connectivity index (χ3n) is 6.00. The van der Waals surface area contributed by atoms with Crippen LogP contribution in [0.2, 0.25) is 0 Å². The molecule has 0 saturated carbocycles. The minimum Gasteiger partial charge on any atom is -0.390 e. The molecule has 246 valence electrons. The number of nitro groups is 1. The quantitative estimate of drug-likeness (QED) is 0.0885. The first-order chi connectivity index (χ1) is 20.3. The first-order valence-corrected chi connectivity index (χ1v) is 17.1. The molecule has 1 aromatic heterocycles. The largest absolute Gasteiger partial charge is 0.490 e. The Kier molecular flexibility index (Phi) is 11.8. The van der Waals surface area contributed by atoms with Gasteiger partial charge in [-0.15, -0.1) is 0 Å². The Bertz CT molecular complexity index is 1550. The van der Waals surface area contributed by atoms with E-state index in [2.05, 4.69) is 18.1 Å². The number of phosphoric acid groups is 3. The van der Waals surface area contributed by atoms with Crippen molar-refractivity contribution in [2.75, 3.05) is 12.3 Å². The van der Waals surface area contributed by atoms with Gasteiger partial charge in [0.2, 0.25) is 0 Å². The number of ether oxygens (including phenoxy) is 2. The molecule has 0 amide bonds. The van der Waals surface area contributed by atoms with Crippen LogP contribution in [0, 0.1) is 16.0 Å². The van der Waals surface area contributed by atoms with Crippen LogP contribution in [0.15, 0.2) is 35.3 Å². The molecule has 0 spiro atoms. The lowest BCUT2D eigenvalue weighted by molar-refractivity contribution is -0.386. The van der Waals surface area contributed by atoms with E-state index in [0.717, 1.165) is 4.57 Å². The smallest absolute Gasteiger partial charge is 0.390 e. The summed E-state index contributed by atoms with van der Waals surface area (Å²) in [6.07, 6.45) is -3.34. The lowest BCUT2D eigenvalue weighted by Gasteiger charge is -2.22. The molecule has 6 atom stereocenters. The highest BCUT2D eigenvalue weighted by Gasteiger charge is 2.43. The summed E-state index contributed by atoms with van der Waals surface area (Å²) in [5.41, 5.74) is 5.45. The molecule has 1 saturated heterocycles. The van der Waals surface area contributed by atoms with Crippen LogP contribution in [0.3, 0.4) is 0 Å². The van der Waals surface area contributed by atoms with E-state index in [-0.39, 0.29) is 36.0 Å². The maximum absolute atomic E-state index is 12.6. The van der Waals surface area contributed by atoms with E-state index in [4.69, 9.17) is 25.0 Å². The Hall–Kier alpha value is -2.41. The van der Waals surface area contributed by atoms with Crippen LogP contribution >= 0.6 is 23.5 Å². The van der Waals surface area contributed by atoms with Gasteiger partial charge in [-0.05, 0) is 18.4 Å². The standard InChI is InChI=1S/C21H31N4O16P3/c1-12(2)7-17(14-5-3-4-6-15(14)25(28)29)37-10-13-9-24(21(27)23-20(13)22)19-8-16(26)18(39-19)11-38-43(33,34)41-44(35,36)40-42(30,31)32/h3-6,9,12,16-19,26H,7-8,10-11H2,1-2H3,(H,33,34)(H,35,36)(H2,22,23,27)(H2,30,31,32)/t16-,17?,18-,19-/m1/s1. The van der Waals surface area contributed by atoms with E-state index in [1.54, 1.807) is 12.1 Å². The number of nitrogen functional groups attached to an aromatic ring is 1. The van der Waals surface area contributed by atoms with Gasteiger partial charge >= 0.3 is 29.2 Å². The van der Waals surface area contributed by atoms with E-state index < -0.39 is 65.2 Å². The topological polar surface area (TPSA) is 303 Å². The van der Waals surface area contributed by atoms with Crippen molar-refractivity contribution in [1.29, 1.82) is 0 Å². The SMILES string of the molecule is CC(C)CC(OCc1cn([C@H]2C[C@@H](O)[C@@H](COP(=O)(O)OP(=O)(O)OP(=O)(O)O)O2)c(=O)nc1N)c1ccccc1[N+](=O)[O-].